The summed E-state index contributed by atoms with van der Waals surface area (Å²) in [5.74, 6) is 1.31. The van der Waals surface area contributed by atoms with Gasteiger partial charge in [-0.1, -0.05) is 37.8 Å². The van der Waals surface area contributed by atoms with Gasteiger partial charge in [-0.25, -0.2) is 19.9 Å². The topological polar surface area (TPSA) is 51.6 Å². The van der Waals surface area contributed by atoms with Gasteiger partial charge in [0.15, 0.2) is 11.6 Å². The van der Waals surface area contributed by atoms with Gasteiger partial charge in [0.1, 0.15) is 0 Å². The van der Waals surface area contributed by atoms with Crippen LogP contribution in [0.5, 0.6) is 0 Å². The van der Waals surface area contributed by atoms with E-state index in [-0.39, 0.29) is 0 Å². The maximum Gasteiger partial charge on any atom is 0.162 e. The van der Waals surface area contributed by atoms with Gasteiger partial charge in [0.2, 0.25) is 0 Å². The molecule has 0 aliphatic rings. The van der Waals surface area contributed by atoms with Crippen LogP contribution in [0.25, 0.3) is 22.8 Å². The zero-order valence-electron chi connectivity index (χ0n) is 14.3. The Morgan fingerprint density at radius 3 is 1.96 bits per heavy atom. The van der Waals surface area contributed by atoms with Crippen molar-refractivity contribution >= 4 is 11.6 Å². The molecule has 0 saturated carbocycles. The Labute approximate surface area is 153 Å². The van der Waals surface area contributed by atoms with Gasteiger partial charge in [-0.2, -0.15) is 0 Å². The fourth-order valence-corrected chi connectivity index (χ4v) is 2.71. The van der Waals surface area contributed by atoms with Gasteiger partial charge in [0.25, 0.3) is 0 Å². The highest BCUT2D eigenvalue weighted by molar-refractivity contribution is 6.30. The molecule has 0 aliphatic heterocycles. The normalized spacial score (nSPS) is 10.8. The Balaban J connectivity index is 1.66. The summed E-state index contributed by atoms with van der Waals surface area (Å²) in [6.45, 7) is 2.22. The second kappa shape index (κ2) is 8.67. The average molecular weight is 353 g/mol. The van der Waals surface area contributed by atoms with Crippen LogP contribution in [0.1, 0.15) is 38.2 Å². The molecule has 0 radical (unpaired) electrons. The summed E-state index contributed by atoms with van der Waals surface area (Å²) in [4.78, 5) is 17.7. The van der Waals surface area contributed by atoms with Gasteiger partial charge in [-0.05, 0) is 42.7 Å². The van der Waals surface area contributed by atoms with Crippen LogP contribution in [0.3, 0.4) is 0 Å². The maximum atomic E-state index is 5.91. The van der Waals surface area contributed by atoms with E-state index in [1.165, 1.54) is 31.2 Å². The van der Waals surface area contributed by atoms with Gasteiger partial charge < -0.3 is 0 Å². The minimum atomic E-state index is 0.653. The largest absolute Gasteiger partial charge is 0.236 e. The van der Waals surface area contributed by atoms with Gasteiger partial charge in [-0.15, -0.1) is 0 Å². The first-order valence-corrected chi connectivity index (χ1v) is 9.03. The van der Waals surface area contributed by atoms with Crippen LogP contribution in [-0.2, 0) is 6.42 Å². The number of nitrogens with zero attached hydrogens (tertiary/aromatic N) is 4. The Hall–Kier alpha value is -2.33. The molecule has 0 aliphatic carbocycles. The lowest BCUT2D eigenvalue weighted by molar-refractivity contribution is 0.665. The number of hydrogen-bond acceptors (Lipinski definition) is 4. The van der Waals surface area contributed by atoms with Crippen LogP contribution in [0.4, 0.5) is 0 Å². The van der Waals surface area contributed by atoms with Crippen LogP contribution in [0.15, 0.2) is 49.1 Å². The molecule has 0 saturated heterocycles. The minimum Gasteiger partial charge on any atom is -0.236 e. The molecule has 0 N–H and O–H groups in total. The van der Waals surface area contributed by atoms with Gasteiger partial charge >= 0.3 is 0 Å². The molecular formula is C20H21ClN4. The molecule has 0 fully saturated rings. The van der Waals surface area contributed by atoms with Crippen LogP contribution in [0.2, 0.25) is 5.02 Å². The molecule has 4 nitrogen and oxygen atoms in total. The van der Waals surface area contributed by atoms with E-state index in [0.29, 0.717) is 16.7 Å². The summed E-state index contributed by atoms with van der Waals surface area (Å²) in [6, 6.07) is 7.47. The third-order valence-corrected chi connectivity index (χ3v) is 4.29. The molecule has 0 spiro atoms. The number of halogens is 1. The van der Waals surface area contributed by atoms with Gasteiger partial charge in [0, 0.05) is 35.4 Å². The van der Waals surface area contributed by atoms with E-state index in [0.717, 1.165) is 17.5 Å². The maximum absolute atomic E-state index is 5.91. The predicted octanol–water partition coefficient (Wildman–Crippen LogP) is 5.38. The molecule has 128 valence electrons. The molecule has 0 unspecified atom stereocenters. The average Bonchev–Trinajstić information content (AvgIpc) is 2.67. The number of benzene rings is 1. The van der Waals surface area contributed by atoms with Crippen molar-refractivity contribution in [1.82, 2.24) is 19.9 Å². The molecule has 0 bridgehead atoms. The summed E-state index contributed by atoms with van der Waals surface area (Å²) in [6.07, 6.45) is 13.3. The van der Waals surface area contributed by atoms with Crippen LogP contribution in [-0.4, -0.2) is 19.9 Å². The Bertz CT molecular complexity index is 783. The van der Waals surface area contributed by atoms with Crippen molar-refractivity contribution in [1.29, 1.82) is 0 Å². The molecule has 3 rings (SSSR count). The third kappa shape index (κ3) is 4.83. The SMILES string of the molecule is CCCCCCc1cnc(-c2cnc(-c3ccc(Cl)cc3)nc2)nc1. The van der Waals surface area contributed by atoms with Crippen molar-refractivity contribution in [2.75, 3.05) is 0 Å². The van der Waals surface area contributed by atoms with Gasteiger partial charge in [0.05, 0.1) is 5.56 Å². The first kappa shape index (κ1) is 17.5. The van der Waals surface area contributed by atoms with E-state index in [4.69, 9.17) is 11.6 Å². The zero-order chi connectivity index (χ0) is 17.5. The molecule has 3 aromatic rings. The van der Waals surface area contributed by atoms with E-state index in [9.17, 15) is 0 Å². The van der Waals surface area contributed by atoms with Gasteiger partial charge in [-0.3, -0.25) is 0 Å². The molecule has 0 amide bonds. The Morgan fingerprint density at radius 1 is 0.720 bits per heavy atom. The number of hydrogen-bond donors (Lipinski definition) is 0. The van der Waals surface area contributed by atoms with Crippen molar-refractivity contribution in [2.24, 2.45) is 0 Å². The van der Waals surface area contributed by atoms with Crippen molar-refractivity contribution in [3.8, 4) is 22.8 Å². The smallest absolute Gasteiger partial charge is 0.162 e. The molecule has 2 aromatic heterocycles. The Morgan fingerprint density at radius 2 is 1.32 bits per heavy atom. The lowest BCUT2D eigenvalue weighted by Gasteiger charge is -2.04. The molecule has 0 atom stereocenters. The molecule has 5 heteroatoms. The fraction of sp³-hybridized carbons (Fsp3) is 0.300. The summed E-state index contributed by atoms with van der Waals surface area (Å²) in [5.41, 5.74) is 2.92. The van der Waals surface area contributed by atoms with Crippen LogP contribution >= 0.6 is 11.6 Å². The highest BCUT2D eigenvalue weighted by atomic mass is 35.5. The fourth-order valence-electron chi connectivity index (χ4n) is 2.58. The quantitative estimate of drug-likeness (QED) is 0.536. The van der Waals surface area contributed by atoms with E-state index in [1.807, 2.05) is 36.7 Å². The molecule has 1 aromatic carbocycles. The first-order chi connectivity index (χ1) is 12.3. The van der Waals surface area contributed by atoms with Crippen LogP contribution < -0.4 is 0 Å². The summed E-state index contributed by atoms with van der Waals surface area (Å²) in [7, 11) is 0. The standard InChI is InChI=1S/C20H21ClN4/c1-2-3-4-5-6-15-11-22-20(23-12-15)17-13-24-19(25-14-17)16-7-9-18(21)10-8-16/h7-14H,2-6H2,1H3. The highest BCUT2D eigenvalue weighted by Gasteiger charge is 2.06. The molecule has 2 heterocycles. The molecular weight excluding hydrogens is 332 g/mol. The number of unbranched alkanes of at least 4 members (excludes halogenated alkanes) is 3. The van der Waals surface area contributed by atoms with E-state index in [2.05, 4.69) is 26.9 Å². The number of aromatic nitrogens is 4. The monoisotopic (exact) mass is 352 g/mol. The second-order valence-corrected chi connectivity index (χ2v) is 6.46. The zero-order valence-corrected chi connectivity index (χ0v) is 15.1. The molecule has 25 heavy (non-hydrogen) atoms. The number of aryl methyl sites for hydroxylation is 1. The summed E-state index contributed by atoms with van der Waals surface area (Å²) < 4.78 is 0. The third-order valence-electron chi connectivity index (χ3n) is 4.04. The number of rotatable bonds is 7. The lowest BCUT2D eigenvalue weighted by atomic mass is 10.1. The van der Waals surface area contributed by atoms with Crippen molar-refractivity contribution in [3.05, 3.63) is 59.6 Å². The minimum absolute atomic E-state index is 0.653. The summed E-state index contributed by atoms with van der Waals surface area (Å²) in [5, 5.41) is 0.698. The van der Waals surface area contributed by atoms with E-state index in [1.54, 1.807) is 12.4 Å². The van der Waals surface area contributed by atoms with Crippen LogP contribution in [0, 0.1) is 0 Å². The highest BCUT2D eigenvalue weighted by Crippen LogP contribution is 2.20. The van der Waals surface area contributed by atoms with Crippen molar-refractivity contribution < 1.29 is 0 Å². The predicted molar refractivity (Wildman–Crippen MR) is 101 cm³/mol. The van der Waals surface area contributed by atoms with Crippen molar-refractivity contribution in [3.63, 3.8) is 0 Å². The Kier molecular flexibility index (Phi) is 6.07. The van der Waals surface area contributed by atoms with E-state index >= 15 is 0 Å². The summed E-state index contributed by atoms with van der Waals surface area (Å²) >= 11 is 5.91. The lowest BCUT2D eigenvalue weighted by Crippen LogP contribution is -1.95. The van der Waals surface area contributed by atoms with Crippen molar-refractivity contribution in [2.45, 2.75) is 39.0 Å². The van der Waals surface area contributed by atoms with E-state index < -0.39 is 0 Å². The second-order valence-electron chi connectivity index (χ2n) is 6.03. The first-order valence-electron chi connectivity index (χ1n) is 8.65.